The van der Waals surface area contributed by atoms with Crippen LogP contribution in [0, 0.1) is 6.92 Å². The minimum Gasteiger partial charge on any atom is -0.496 e. The fourth-order valence-electron chi connectivity index (χ4n) is 2.73. The van der Waals surface area contributed by atoms with E-state index in [9.17, 15) is 9.59 Å². The Morgan fingerprint density at radius 1 is 1.41 bits per heavy atom. The summed E-state index contributed by atoms with van der Waals surface area (Å²) in [5.41, 5.74) is 1.84. The van der Waals surface area contributed by atoms with Crippen LogP contribution in [0.3, 0.4) is 0 Å². The van der Waals surface area contributed by atoms with Gasteiger partial charge in [0.1, 0.15) is 22.9 Å². The number of methoxy groups -OCH3 is 1. The van der Waals surface area contributed by atoms with E-state index in [4.69, 9.17) is 9.47 Å². The Morgan fingerprint density at radius 2 is 2.19 bits per heavy atom. The van der Waals surface area contributed by atoms with Crippen molar-refractivity contribution in [2.75, 3.05) is 19.0 Å². The molecule has 0 radical (unpaired) electrons. The van der Waals surface area contributed by atoms with E-state index in [1.54, 1.807) is 24.7 Å². The number of carbonyl (C=O) groups is 2. The molecule has 0 atom stereocenters. The molecule has 0 saturated carbocycles. The third-order valence-corrected chi connectivity index (χ3v) is 5.09. The van der Waals surface area contributed by atoms with E-state index in [1.807, 2.05) is 25.2 Å². The number of aryl methyl sites for hydroxylation is 2. The largest absolute Gasteiger partial charge is 0.496 e. The number of carbonyl (C=O) groups excluding carboxylic acids is 2. The molecule has 0 unspecified atom stereocenters. The highest BCUT2D eigenvalue weighted by Crippen LogP contribution is 2.29. The van der Waals surface area contributed by atoms with Crippen LogP contribution in [0.5, 0.6) is 5.75 Å². The van der Waals surface area contributed by atoms with Gasteiger partial charge in [0.05, 0.1) is 18.3 Å². The van der Waals surface area contributed by atoms with Gasteiger partial charge in [0.15, 0.2) is 5.13 Å². The standard InChI is InChI=1S/C19H19N3O4S/c1-5-9-26-18(24)16-11(2)20-19(27-16)21-17(23)14-10-12-13(22(14)3)7-6-8-15(12)25-4/h5-8,10H,1,9H2,2-4H3,(H,20,21,23). The van der Waals surface area contributed by atoms with Gasteiger partial charge in [-0.15, -0.1) is 0 Å². The first-order valence-corrected chi connectivity index (χ1v) is 8.97. The topological polar surface area (TPSA) is 82.5 Å². The first kappa shape index (κ1) is 18.7. The molecule has 27 heavy (non-hydrogen) atoms. The average molecular weight is 385 g/mol. The Bertz CT molecular complexity index is 1040. The number of amides is 1. The summed E-state index contributed by atoms with van der Waals surface area (Å²) in [6.07, 6.45) is 1.49. The highest BCUT2D eigenvalue weighted by Gasteiger charge is 2.20. The summed E-state index contributed by atoms with van der Waals surface area (Å²) in [4.78, 5) is 29.3. The Balaban J connectivity index is 1.86. The molecule has 1 N–H and O–H groups in total. The molecular weight excluding hydrogens is 366 g/mol. The van der Waals surface area contributed by atoms with Crippen molar-refractivity contribution in [3.05, 3.63) is 53.2 Å². The Morgan fingerprint density at radius 3 is 2.89 bits per heavy atom. The predicted octanol–water partition coefficient (Wildman–Crippen LogP) is 3.55. The molecule has 3 aromatic rings. The van der Waals surface area contributed by atoms with Gasteiger partial charge in [0.25, 0.3) is 5.91 Å². The summed E-state index contributed by atoms with van der Waals surface area (Å²) in [7, 11) is 3.40. The van der Waals surface area contributed by atoms with E-state index in [0.717, 1.165) is 22.2 Å². The molecule has 0 spiro atoms. The van der Waals surface area contributed by atoms with Gasteiger partial charge < -0.3 is 14.0 Å². The lowest BCUT2D eigenvalue weighted by molar-refractivity contribution is 0.0554. The van der Waals surface area contributed by atoms with Crippen LogP contribution in [0.2, 0.25) is 0 Å². The lowest BCUT2D eigenvalue weighted by Gasteiger charge is -2.04. The fraction of sp³-hybridized carbons (Fsp3) is 0.211. The van der Waals surface area contributed by atoms with Crippen LogP contribution in [0.4, 0.5) is 5.13 Å². The van der Waals surface area contributed by atoms with Crippen LogP contribution in [0.25, 0.3) is 10.9 Å². The number of fused-ring (bicyclic) bond motifs is 1. The van der Waals surface area contributed by atoms with E-state index in [2.05, 4.69) is 16.9 Å². The van der Waals surface area contributed by atoms with Gasteiger partial charge in [0, 0.05) is 12.4 Å². The van der Waals surface area contributed by atoms with Crippen molar-refractivity contribution in [3.8, 4) is 5.75 Å². The van der Waals surface area contributed by atoms with Gasteiger partial charge in [-0.2, -0.15) is 0 Å². The molecule has 3 rings (SSSR count). The van der Waals surface area contributed by atoms with Crippen LogP contribution in [-0.2, 0) is 11.8 Å². The minimum absolute atomic E-state index is 0.121. The summed E-state index contributed by atoms with van der Waals surface area (Å²) in [6, 6.07) is 7.39. The van der Waals surface area contributed by atoms with Crippen LogP contribution in [0.1, 0.15) is 25.9 Å². The van der Waals surface area contributed by atoms with Crippen molar-refractivity contribution >= 4 is 39.2 Å². The molecule has 140 valence electrons. The van der Waals surface area contributed by atoms with Crippen LogP contribution in [-0.4, -0.2) is 35.1 Å². The lowest BCUT2D eigenvalue weighted by Crippen LogP contribution is -2.15. The predicted molar refractivity (Wildman–Crippen MR) is 105 cm³/mol. The van der Waals surface area contributed by atoms with Gasteiger partial charge in [-0.1, -0.05) is 30.1 Å². The van der Waals surface area contributed by atoms with E-state index >= 15 is 0 Å². The first-order chi connectivity index (χ1) is 13.0. The molecule has 0 aliphatic rings. The second-order valence-electron chi connectivity index (χ2n) is 5.76. The normalized spacial score (nSPS) is 10.6. The fourth-order valence-corrected chi connectivity index (χ4v) is 3.59. The van der Waals surface area contributed by atoms with Gasteiger partial charge in [-0.3, -0.25) is 10.1 Å². The maximum Gasteiger partial charge on any atom is 0.350 e. The summed E-state index contributed by atoms with van der Waals surface area (Å²) in [5, 5.41) is 3.93. The zero-order valence-corrected chi connectivity index (χ0v) is 16.1. The van der Waals surface area contributed by atoms with Crippen LogP contribution >= 0.6 is 11.3 Å². The van der Waals surface area contributed by atoms with Gasteiger partial charge in [-0.05, 0) is 25.1 Å². The zero-order valence-electron chi connectivity index (χ0n) is 15.2. The molecule has 0 saturated heterocycles. The third kappa shape index (κ3) is 3.56. The molecule has 0 fully saturated rings. The average Bonchev–Trinajstić information content (AvgIpc) is 3.19. The number of thiazole rings is 1. The van der Waals surface area contributed by atoms with Crippen LogP contribution in [0.15, 0.2) is 36.9 Å². The molecule has 1 aromatic carbocycles. The number of aromatic nitrogens is 2. The van der Waals surface area contributed by atoms with Crippen molar-refractivity contribution in [2.45, 2.75) is 6.92 Å². The number of rotatable bonds is 6. The number of anilines is 1. The third-order valence-electron chi connectivity index (χ3n) is 4.03. The summed E-state index contributed by atoms with van der Waals surface area (Å²) < 4.78 is 12.2. The number of hydrogen-bond donors (Lipinski definition) is 1. The second kappa shape index (κ2) is 7.63. The van der Waals surface area contributed by atoms with Crippen molar-refractivity contribution in [1.82, 2.24) is 9.55 Å². The summed E-state index contributed by atoms with van der Waals surface area (Å²) in [6.45, 7) is 5.32. The summed E-state index contributed by atoms with van der Waals surface area (Å²) >= 11 is 1.08. The number of ether oxygens (including phenoxy) is 2. The molecule has 7 nitrogen and oxygen atoms in total. The van der Waals surface area contributed by atoms with E-state index in [-0.39, 0.29) is 12.5 Å². The van der Waals surface area contributed by atoms with Crippen LogP contribution < -0.4 is 10.1 Å². The van der Waals surface area contributed by atoms with E-state index in [1.165, 1.54) is 6.08 Å². The minimum atomic E-state index is -0.486. The highest BCUT2D eigenvalue weighted by molar-refractivity contribution is 7.17. The monoisotopic (exact) mass is 385 g/mol. The van der Waals surface area contributed by atoms with Crippen molar-refractivity contribution in [3.63, 3.8) is 0 Å². The molecule has 0 bridgehead atoms. The summed E-state index contributed by atoms with van der Waals surface area (Å²) in [5.74, 6) is -0.116. The molecular formula is C19H19N3O4S. The van der Waals surface area contributed by atoms with Crippen molar-refractivity contribution in [2.24, 2.45) is 7.05 Å². The molecule has 0 aliphatic heterocycles. The zero-order chi connectivity index (χ0) is 19.6. The number of benzene rings is 1. The van der Waals surface area contributed by atoms with Gasteiger partial charge in [0.2, 0.25) is 0 Å². The van der Waals surface area contributed by atoms with Crippen molar-refractivity contribution in [1.29, 1.82) is 0 Å². The molecule has 1 amide bonds. The number of nitrogens with zero attached hydrogens (tertiary/aromatic N) is 2. The molecule has 0 aliphatic carbocycles. The van der Waals surface area contributed by atoms with Gasteiger partial charge in [-0.25, -0.2) is 9.78 Å². The molecule has 8 heteroatoms. The highest BCUT2D eigenvalue weighted by atomic mass is 32.1. The number of nitrogens with one attached hydrogen (secondary N) is 1. The maximum absolute atomic E-state index is 12.7. The lowest BCUT2D eigenvalue weighted by atomic mass is 10.2. The first-order valence-electron chi connectivity index (χ1n) is 8.15. The molecule has 2 aromatic heterocycles. The van der Waals surface area contributed by atoms with E-state index in [0.29, 0.717) is 27.1 Å². The maximum atomic E-state index is 12.7. The van der Waals surface area contributed by atoms with Gasteiger partial charge >= 0.3 is 5.97 Å². The SMILES string of the molecule is C=CCOC(=O)c1sc(NC(=O)c2cc3c(OC)cccc3n2C)nc1C. The second-order valence-corrected chi connectivity index (χ2v) is 6.76. The Hall–Kier alpha value is -3.13. The number of esters is 1. The Labute approximate surface area is 160 Å². The van der Waals surface area contributed by atoms with E-state index < -0.39 is 5.97 Å². The Kier molecular flexibility index (Phi) is 5.27. The van der Waals surface area contributed by atoms with Crippen molar-refractivity contribution < 1.29 is 19.1 Å². The quantitative estimate of drug-likeness (QED) is 0.518. The smallest absolute Gasteiger partial charge is 0.350 e. The number of hydrogen-bond acceptors (Lipinski definition) is 6. The molecule has 2 heterocycles.